The van der Waals surface area contributed by atoms with Crippen molar-refractivity contribution >= 4 is 12.0 Å². The van der Waals surface area contributed by atoms with E-state index in [0.717, 1.165) is 12.1 Å². The number of rotatable bonds is 1. The largest absolute Gasteiger partial charge is 0.471 e. The fraction of sp³-hybridized carbons (Fsp3) is 0.556. The molecule has 27 heavy (non-hydrogen) atoms. The monoisotopic (exact) mass is 390 g/mol. The Morgan fingerprint density at radius 1 is 1.04 bits per heavy atom. The van der Waals surface area contributed by atoms with Crippen molar-refractivity contribution < 1.29 is 31.9 Å². The van der Waals surface area contributed by atoms with Gasteiger partial charge in [0.2, 0.25) is 0 Å². The van der Waals surface area contributed by atoms with Crippen molar-refractivity contribution in [2.75, 3.05) is 13.1 Å². The highest BCUT2D eigenvalue weighted by molar-refractivity contribution is 5.83. The molecule has 0 saturated carbocycles. The average Bonchev–Trinajstić information content (AvgIpc) is 2.52. The number of alkyl halides is 3. The van der Waals surface area contributed by atoms with Gasteiger partial charge in [0.25, 0.3) is 0 Å². The number of amides is 2. The molecule has 0 radical (unpaired) electrons. The van der Waals surface area contributed by atoms with Crippen LogP contribution in [0.5, 0.6) is 0 Å². The van der Waals surface area contributed by atoms with Gasteiger partial charge in [-0.15, -0.1) is 0 Å². The number of carbonyl (C=O) groups is 2. The average molecular weight is 390 g/mol. The van der Waals surface area contributed by atoms with Gasteiger partial charge in [0.1, 0.15) is 11.4 Å². The minimum absolute atomic E-state index is 0.191. The van der Waals surface area contributed by atoms with E-state index in [-0.39, 0.29) is 13.1 Å². The Balaban J connectivity index is 2.36. The summed E-state index contributed by atoms with van der Waals surface area (Å²) < 4.78 is 57.6. The van der Waals surface area contributed by atoms with E-state index in [0.29, 0.717) is 10.5 Å². The minimum Gasteiger partial charge on any atom is -0.444 e. The molecule has 0 unspecified atom stereocenters. The molecule has 1 heterocycles. The highest BCUT2D eigenvalue weighted by Gasteiger charge is 2.48. The number of piperazine rings is 1. The van der Waals surface area contributed by atoms with Crippen molar-refractivity contribution in [2.24, 2.45) is 0 Å². The predicted molar refractivity (Wildman–Crippen MR) is 89.3 cm³/mol. The van der Waals surface area contributed by atoms with Crippen molar-refractivity contribution in [1.82, 2.24) is 9.80 Å². The van der Waals surface area contributed by atoms with Crippen LogP contribution < -0.4 is 0 Å². The first-order chi connectivity index (χ1) is 12.3. The van der Waals surface area contributed by atoms with Crippen LogP contribution in [0, 0.1) is 5.82 Å². The smallest absolute Gasteiger partial charge is 0.444 e. The Morgan fingerprint density at radius 2 is 1.59 bits per heavy atom. The Morgan fingerprint density at radius 3 is 2.07 bits per heavy atom. The lowest BCUT2D eigenvalue weighted by molar-refractivity contribution is -0.191. The SMILES string of the molecule is C[C@@H]1CN(C(=O)C(F)(F)F)[C@@H](c2ccc(F)cc2)CN1C(=O)OC(C)(C)C. The molecule has 0 bridgehead atoms. The molecular formula is C18H22F4N2O3. The van der Waals surface area contributed by atoms with E-state index < -0.39 is 41.7 Å². The fourth-order valence-electron chi connectivity index (χ4n) is 2.91. The topological polar surface area (TPSA) is 49.9 Å². The molecule has 1 aromatic carbocycles. The van der Waals surface area contributed by atoms with Crippen LogP contribution in [0.1, 0.15) is 39.3 Å². The molecule has 0 spiro atoms. The van der Waals surface area contributed by atoms with Crippen LogP contribution in [0.15, 0.2) is 24.3 Å². The lowest BCUT2D eigenvalue weighted by Crippen LogP contribution is -2.59. The molecule has 1 aliphatic heterocycles. The first-order valence-corrected chi connectivity index (χ1v) is 8.42. The van der Waals surface area contributed by atoms with Gasteiger partial charge in [-0.1, -0.05) is 12.1 Å². The maximum atomic E-state index is 13.2. The second kappa shape index (κ2) is 7.36. The fourth-order valence-corrected chi connectivity index (χ4v) is 2.91. The van der Waals surface area contributed by atoms with Gasteiger partial charge in [-0.3, -0.25) is 4.79 Å². The number of hydrogen-bond acceptors (Lipinski definition) is 3. The summed E-state index contributed by atoms with van der Waals surface area (Å²) in [7, 11) is 0. The van der Waals surface area contributed by atoms with Crippen molar-refractivity contribution in [2.45, 2.75) is 51.6 Å². The van der Waals surface area contributed by atoms with Gasteiger partial charge in [-0.2, -0.15) is 13.2 Å². The van der Waals surface area contributed by atoms with E-state index in [1.165, 1.54) is 17.0 Å². The first kappa shape index (κ1) is 21.0. The van der Waals surface area contributed by atoms with Crippen LogP contribution in [0.4, 0.5) is 22.4 Å². The second-order valence-corrected chi connectivity index (χ2v) is 7.50. The summed E-state index contributed by atoms with van der Waals surface area (Å²) in [6.07, 6.45) is -5.73. The van der Waals surface area contributed by atoms with Crippen LogP contribution in [0.25, 0.3) is 0 Å². The van der Waals surface area contributed by atoms with Crippen molar-refractivity contribution in [3.8, 4) is 0 Å². The summed E-state index contributed by atoms with van der Waals surface area (Å²) in [6, 6.07) is 3.06. The van der Waals surface area contributed by atoms with Gasteiger partial charge in [0.15, 0.2) is 0 Å². The zero-order chi connectivity index (χ0) is 20.6. The van der Waals surface area contributed by atoms with E-state index in [4.69, 9.17) is 4.74 Å². The van der Waals surface area contributed by atoms with Crippen LogP contribution >= 0.6 is 0 Å². The van der Waals surface area contributed by atoms with Crippen LogP contribution in [-0.2, 0) is 9.53 Å². The first-order valence-electron chi connectivity index (χ1n) is 8.42. The summed E-state index contributed by atoms with van der Waals surface area (Å²) in [4.78, 5) is 26.3. The van der Waals surface area contributed by atoms with Gasteiger partial charge in [0.05, 0.1) is 6.04 Å². The zero-order valence-corrected chi connectivity index (χ0v) is 15.5. The quantitative estimate of drug-likeness (QED) is 0.684. The molecule has 2 rings (SSSR count). The van der Waals surface area contributed by atoms with Crippen molar-refractivity contribution in [3.05, 3.63) is 35.6 Å². The van der Waals surface area contributed by atoms with Crippen LogP contribution in [0.2, 0.25) is 0 Å². The molecule has 0 aromatic heterocycles. The molecule has 0 N–H and O–H groups in total. The third-order valence-electron chi connectivity index (χ3n) is 4.12. The molecule has 2 atom stereocenters. The summed E-state index contributed by atoms with van der Waals surface area (Å²) in [5.74, 6) is -2.55. The van der Waals surface area contributed by atoms with Crippen molar-refractivity contribution in [3.63, 3.8) is 0 Å². The predicted octanol–water partition coefficient (Wildman–Crippen LogP) is 3.90. The molecule has 1 saturated heterocycles. The van der Waals surface area contributed by atoms with E-state index >= 15 is 0 Å². The highest BCUT2D eigenvalue weighted by atomic mass is 19.4. The standard InChI is InChI=1S/C18H22F4N2O3/c1-11-9-24(15(25)18(20,21)22)14(12-5-7-13(19)8-6-12)10-23(11)16(26)27-17(2,3)4/h5-8,11,14H,9-10H2,1-4H3/t11-,14-/m1/s1. The number of benzene rings is 1. The third kappa shape index (κ3) is 5.11. The summed E-state index contributed by atoms with van der Waals surface area (Å²) in [5, 5.41) is 0. The number of nitrogens with zero attached hydrogens (tertiary/aromatic N) is 2. The van der Waals surface area contributed by atoms with Gasteiger partial charge < -0.3 is 14.5 Å². The molecule has 1 aliphatic rings. The molecule has 1 fully saturated rings. The molecule has 1 aromatic rings. The Labute approximate surface area is 154 Å². The number of carbonyl (C=O) groups excluding carboxylic acids is 2. The zero-order valence-electron chi connectivity index (χ0n) is 15.5. The lowest BCUT2D eigenvalue weighted by atomic mass is 9.99. The molecule has 5 nitrogen and oxygen atoms in total. The van der Waals surface area contributed by atoms with Gasteiger partial charge in [-0.05, 0) is 45.4 Å². The summed E-state index contributed by atoms with van der Waals surface area (Å²) in [5.41, 5.74) is -0.476. The maximum Gasteiger partial charge on any atom is 0.471 e. The normalized spacial score (nSPS) is 21.2. The minimum atomic E-state index is -5.05. The Kier molecular flexibility index (Phi) is 5.72. The van der Waals surface area contributed by atoms with E-state index in [2.05, 4.69) is 0 Å². The molecule has 2 amide bonds. The molecule has 9 heteroatoms. The van der Waals surface area contributed by atoms with Gasteiger partial charge in [-0.25, -0.2) is 9.18 Å². The molecular weight excluding hydrogens is 368 g/mol. The van der Waals surface area contributed by atoms with Crippen LogP contribution in [-0.4, -0.2) is 52.7 Å². The molecule has 150 valence electrons. The van der Waals surface area contributed by atoms with Crippen LogP contribution in [0.3, 0.4) is 0 Å². The maximum absolute atomic E-state index is 13.2. The third-order valence-corrected chi connectivity index (χ3v) is 4.12. The number of hydrogen-bond donors (Lipinski definition) is 0. The molecule has 0 aliphatic carbocycles. The Hall–Kier alpha value is -2.32. The highest BCUT2D eigenvalue weighted by Crippen LogP contribution is 2.33. The van der Waals surface area contributed by atoms with E-state index in [1.807, 2.05) is 0 Å². The summed E-state index contributed by atoms with van der Waals surface area (Å²) >= 11 is 0. The summed E-state index contributed by atoms with van der Waals surface area (Å²) in [6.45, 7) is 6.06. The Bertz CT molecular complexity index is 698. The lowest BCUT2D eigenvalue weighted by Gasteiger charge is -2.45. The number of halogens is 4. The van der Waals surface area contributed by atoms with Gasteiger partial charge >= 0.3 is 18.2 Å². The van der Waals surface area contributed by atoms with E-state index in [1.54, 1.807) is 27.7 Å². The van der Waals surface area contributed by atoms with E-state index in [9.17, 15) is 27.2 Å². The second-order valence-electron chi connectivity index (χ2n) is 7.50. The van der Waals surface area contributed by atoms with Gasteiger partial charge in [0, 0.05) is 19.1 Å². The van der Waals surface area contributed by atoms with Crippen molar-refractivity contribution in [1.29, 1.82) is 0 Å². The number of ether oxygens (including phenoxy) is 1.